The van der Waals surface area contributed by atoms with Crippen LogP contribution in [-0.2, 0) is 17.1 Å². The number of benzene rings is 2. The topological polar surface area (TPSA) is 49.4 Å². The van der Waals surface area contributed by atoms with Gasteiger partial charge in [0.15, 0.2) is 0 Å². The van der Waals surface area contributed by atoms with Gasteiger partial charge in [-0.2, -0.15) is 0 Å². The van der Waals surface area contributed by atoms with Gasteiger partial charge in [0.1, 0.15) is 0 Å². The van der Waals surface area contributed by atoms with Crippen molar-refractivity contribution in [1.82, 2.24) is 10.2 Å². The van der Waals surface area contributed by atoms with Gasteiger partial charge in [0.25, 0.3) is 5.91 Å². The fourth-order valence-electron chi connectivity index (χ4n) is 3.11. The Bertz CT molecular complexity index is 783. The summed E-state index contributed by atoms with van der Waals surface area (Å²) in [6, 6.07) is 16.0. The van der Waals surface area contributed by atoms with Gasteiger partial charge < -0.3 is 10.2 Å². The summed E-state index contributed by atoms with van der Waals surface area (Å²) in [5.41, 5.74) is 4.13. The van der Waals surface area contributed by atoms with Crippen molar-refractivity contribution in [2.75, 3.05) is 18.8 Å². The number of carbonyl (C=O) groups excluding carboxylic acids is 2. The van der Waals surface area contributed by atoms with Crippen molar-refractivity contribution in [3.05, 3.63) is 70.8 Å². The number of amides is 2. The van der Waals surface area contributed by atoms with Gasteiger partial charge in [-0.15, -0.1) is 11.8 Å². The van der Waals surface area contributed by atoms with Crippen LogP contribution in [0.3, 0.4) is 0 Å². The van der Waals surface area contributed by atoms with Gasteiger partial charge in [-0.3, -0.25) is 9.59 Å². The third-order valence-electron chi connectivity index (χ3n) is 4.68. The molecule has 0 bridgehead atoms. The van der Waals surface area contributed by atoms with Gasteiger partial charge in [-0.25, -0.2) is 0 Å². The van der Waals surface area contributed by atoms with Gasteiger partial charge >= 0.3 is 0 Å². The molecule has 0 saturated carbocycles. The first-order chi connectivity index (χ1) is 13.1. The molecule has 142 valence electrons. The molecular weight excluding hydrogens is 356 g/mol. The molecule has 0 aromatic heterocycles. The zero-order valence-electron chi connectivity index (χ0n) is 15.7. The maximum absolute atomic E-state index is 12.5. The van der Waals surface area contributed by atoms with Gasteiger partial charge in [-0.1, -0.05) is 42.0 Å². The van der Waals surface area contributed by atoms with Crippen molar-refractivity contribution < 1.29 is 9.59 Å². The summed E-state index contributed by atoms with van der Waals surface area (Å²) in [4.78, 5) is 26.5. The highest BCUT2D eigenvalue weighted by molar-refractivity contribution is 7.99. The monoisotopic (exact) mass is 382 g/mol. The molecule has 4 nitrogen and oxygen atoms in total. The Hall–Kier alpha value is -2.27. The fourth-order valence-corrected chi connectivity index (χ4v) is 3.93. The summed E-state index contributed by atoms with van der Waals surface area (Å²) >= 11 is 1.61. The second-order valence-electron chi connectivity index (χ2n) is 6.95. The first-order valence-electron chi connectivity index (χ1n) is 9.40. The van der Waals surface area contributed by atoms with Crippen LogP contribution < -0.4 is 5.32 Å². The number of thioether (sulfide) groups is 1. The lowest BCUT2D eigenvalue weighted by molar-refractivity contribution is -0.118. The average Bonchev–Trinajstić information content (AvgIpc) is 3.22. The van der Waals surface area contributed by atoms with Crippen molar-refractivity contribution in [2.24, 2.45) is 0 Å². The first-order valence-corrected chi connectivity index (χ1v) is 10.6. The Morgan fingerprint density at radius 1 is 1.04 bits per heavy atom. The highest BCUT2D eigenvalue weighted by atomic mass is 32.2. The van der Waals surface area contributed by atoms with Crippen molar-refractivity contribution in [2.45, 2.75) is 32.1 Å². The molecule has 0 unspecified atom stereocenters. The number of rotatable bonds is 7. The van der Waals surface area contributed by atoms with Crippen LogP contribution in [0.2, 0.25) is 0 Å². The first kappa shape index (κ1) is 19.5. The lowest BCUT2D eigenvalue weighted by atomic mass is 10.1. The van der Waals surface area contributed by atoms with Crippen LogP contribution in [0.4, 0.5) is 0 Å². The number of carbonyl (C=O) groups is 2. The molecule has 1 aliphatic rings. The lowest BCUT2D eigenvalue weighted by Crippen LogP contribution is -2.28. The van der Waals surface area contributed by atoms with E-state index in [2.05, 4.69) is 36.5 Å². The summed E-state index contributed by atoms with van der Waals surface area (Å²) in [7, 11) is 0. The summed E-state index contributed by atoms with van der Waals surface area (Å²) in [5.74, 6) is 1.37. The zero-order valence-corrected chi connectivity index (χ0v) is 16.6. The molecule has 0 aliphatic carbocycles. The molecule has 0 spiro atoms. The Balaban J connectivity index is 1.43. The Morgan fingerprint density at radius 2 is 1.78 bits per heavy atom. The van der Waals surface area contributed by atoms with E-state index in [0.717, 1.165) is 37.2 Å². The molecule has 1 fully saturated rings. The number of hydrogen-bond acceptors (Lipinski definition) is 3. The second kappa shape index (κ2) is 9.60. The lowest BCUT2D eigenvalue weighted by Gasteiger charge is -2.15. The maximum Gasteiger partial charge on any atom is 0.253 e. The molecule has 2 aromatic carbocycles. The van der Waals surface area contributed by atoms with E-state index in [1.165, 1.54) is 11.1 Å². The van der Waals surface area contributed by atoms with Gasteiger partial charge in [0.2, 0.25) is 5.91 Å². The Morgan fingerprint density at radius 3 is 2.52 bits per heavy atom. The van der Waals surface area contributed by atoms with E-state index in [9.17, 15) is 9.59 Å². The summed E-state index contributed by atoms with van der Waals surface area (Å²) in [5, 5.41) is 2.95. The van der Waals surface area contributed by atoms with E-state index in [-0.39, 0.29) is 11.8 Å². The fraction of sp³-hybridized carbons (Fsp3) is 0.364. The molecular formula is C22H26N2O2S. The quantitative estimate of drug-likeness (QED) is 0.793. The van der Waals surface area contributed by atoms with Crippen LogP contribution in [0.15, 0.2) is 48.5 Å². The number of likely N-dealkylation sites (tertiary alicyclic amines) is 1. The van der Waals surface area contributed by atoms with Crippen LogP contribution in [0, 0.1) is 6.92 Å². The highest BCUT2D eigenvalue weighted by Gasteiger charge is 2.19. The van der Waals surface area contributed by atoms with Crippen molar-refractivity contribution in [3.63, 3.8) is 0 Å². The molecule has 0 atom stereocenters. The van der Waals surface area contributed by atoms with E-state index >= 15 is 0 Å². The summed E-state index contributed by atoms with van der Waals surface area (Å²) < 4.78 is 0. The van der Waals surface area contributed by atoms with Gasteiger partial charge in [0.05, 0.1) is 5.75 Å². The normalized spacial score (nSPS) is 13.6. The van der Waals surface area contributed by atoms with Crippen LogP contribution in [0.1, 0.15) is 39.9 Å². The predicted octanol–water partition coefficient (Wildman–Crippen LogP) is 3.78. The summed E-state index contributed by atoms with van der Waals surface area (Å²) in [6.07, 6.45) is 2.17. The minimum absolute atomic E-state index is 0.0170. The smallest absolute Gasteiger partial charge is 0.253 e. The molecule has 1 heterocycles. The number of nitrogens with zero attached hydrogens (tertiary/aromatic N) is 1. The molecule has 5 heteroatoms. The Kier molecular flexibility index (Phi) is 6.93. The van der Waals surface area contributed by atoms with Gasteiger partial charge in [-0.05, 0) is 43.0 Å². The highest BCUT2D eigenvalue weighted by Crippen LogP contribution is 2.15. The van der Waals surface area contributed by atoms with Crippen molar-refractivity contribution in [1.29, 1.82) is 0 Å². The third-order valence-corrected chi connectivity index (χ3v) is 5.68. The summed E-state index contributed by atoms with van der Waals surface area (Å²) in [6.45, 7) is 4.21. The van der Waals surface area contributed by atoms with Crippen molar-refractivity contribution in [3.8, 4) is 0 Å². The predicted molar refractivity (Wildman–Crippen MR) is 111 cm³/mol. The number of aryl methyl sites for hydroxylation is 1. The molecule has 0 radical (unpaired) electrons. The molecule has 2 amide bonds. The van der Waals surface area contributed by atoms with Crippen molar-refractivity contribution >= 4 is 23.6 Å². The van der Waals surface area contributed by atoms with Crippen LogP contribution in [-0.4, -0.2) is 35.6 Å². The maximum atomic E-state index is 12.5. The SMILES string of the molecule is Cc1ccc(CSCC(=O)NCc2cccc(C(=O)N3CCCC3)c2)cc1. The van der Waals surface area contributed by atoms with E-state index in [1.807, 2.05) is 29.2 Å². The molecule has 3 rings (SSSR count). The molecule has 1 N–H and O–H groups in total. The average molecular weight is 383 g/mol. The Labute approximate surface area is 165 Å². The molecule has 2 aromatic rings. The van der Waals surface area contributed by atoms with E-state index < -0.39 is 0 Å². The van der Waals surface area contributed by atoms with E-state index in [0.29, 0.717) is 17.9 Å². The van der Waals surface area contributed by atoms with Crippen LogP contribution >= 0.6 is 11.8 Å². The molecule has 27 heavy (non-hydrogen) atoms. The molecule has 1 aliphatic heterocycles. The van der Waals surface area contributed by atoms with E-state index in [4.69, 9.17) is 0 Å². The largest absolute Gasteiger partial charge is 0.351 e. The number of nitrogens with one attached hydrogen (secondary N) is 1. The third kappa shape index (κ3) is 5.86. The standard InChI is InChI=1S/C22H26N2O2S/c1-17-7-9-18(10-8-17)15-27-16-21(25)23-14-19-5-4-6-20(13-19)22(26)24-11-2-3-12-24/h4-10,13H,2-3,11-12,14-16H2,1H3,(H,23,25). The second-order valence-corrected chi connectivity index (χ2v) is 7.94. The van der Waals surface area contributed by atoms with Gasteiger partial charge in [0, 0.05) is 31.0 Å². The number of hydrogen-bond donors (Lipinski definition) is 1. The minimum atomic E-state index is 0.0170. The molecule has 1 saturated heterocycles. The minimum Gasteiger partial charge on any atom is -0.351 e. The zero-order chi connectivity index (χ0) is 19.1. The van der Waals surface area contributed by atoms with Crippen LogP contribution in [0.5, 0.6) is 0 Å². The van der Waals surface area contributed by atoms with E-state index in [1.54, 1.807) is 11.8 Å². The van der Waals surface area contributed by atoms with Crippen LogP contribution in [0.25, 0.3) is 0 Å².